The molecule has 0 spiro atoms. The number of carbonyl (C=O) groups excluding carboxylic acids is 1. The van der Waals surface area contributed by atoms with E-state index >= 15 is 0 Å². The van der Waals surface area contributed by atoms with Crippen LogP contribution in [0.15, 0.2) is 11.6 Å². The maximum atomic E-state index is 13.3. The van der Waals surface area contributed by atoms with Crippen LogP contribution in [0, 0.1) is 46.3 Å². The summed E-state index contributed by atoms with van der Waals surface area (Å²) in [5.41, 5.74) is 1.73. The number of hydrogen-bond acceptors (Lipinski definition) is 3. The summed E-state index contributed by atoms with van der Waals surface area (Å²) in [6, 6.07) is 0. The molecule has 0 aromatic rings. The smallest absolute Gasteiger partial charge is 0.306 e. The molecular formula is C45H80O3. The minimum absolute atomic E-state index is 0.0247. The zero-order valence-electron chi connectivity index (χ0n) is 32.8. The number of carbonyl (C=O) groups is 1. The van der Waals surface area contributed by atoms with Crippen LogP contribution in [0.4, 0.5) is 0 Å². The number of rotatable bonds is 22. The molecule has 0 radical (unpaired) electrons. The summed E-state index contributed by atoms with van der Waals surface area (Å²) in [5.74, 6) is 4.50. The second-order valence-corrected chi connectivity index (χ2v) is 18.4. The van der Waals surface area contributed by atoms with Gasteiger partial charge in [0.05, 0.1) is 6.10 Å². The number of hydrogen-bond donors (Lipinski definition) is 1. The summed E-state index contributed by atoms with van der Waals surface area (Å²) in [7, 11) is 0. The van der Waals surface area contributed by atoms with Crippen molar-refractivity contribution in [3.63, 3.8) is 0 Å². The zero-order valence-corrected chi connectivity index (χ0v) is 32.8. The van der Waals surface area contributed by atoms with Gasteiger partial charge in [0.2, 0.25) is 0 Å². The standard InChI is InChI=1S/C45H80O3/c1-7-8-9-10-11-12-13-14-15-16-17-18-19-20-21-25-43(47)48-42-33-37(46)32-36-26-27-38-40-29-28-39(35(4)24-22-23-34(2)3)44(40,5)31-30-41(38)45(36,42)6/h26,34-35,37-42,46H,7-25,27-33H2,1-6H3/t35-,37+,38+,39-,40+,41+,42?,44-,45+/m1/s1. The van der Waals surface area contributed by atoms with Gasteiger partial charge in [-0.15, -0.1) is 0 Å². The molecule has 4 aliphatic carbocycles. The molecule has 9 atom stereocenters. The van der Waals surface area contributed by atoms with E-state index < -0.39 is 0 Å². The highest BCUT2D eigenvalue weighted by Gasteiger charge is 2.61. The van der Waals surface area contributed by atoms with E-state index in [1.54, 1.807) is 0 Å². The van der Waals surface area contributed by atoms with Crippen LogP contribution in [0.3, 0.4) is 0 Å². The van der Waals surface area contributed by atoms with E-state index in [2.05, 4.69) is 47.6 Å². The molecule has 4 rings (SSSR count). The van der Waals surface area contributed by atoms with Gasteiger partial charge in [0.25, 0.3) is 0 Å². The predicted molar refractivity (Wildman–Crippen MR) is 204 cm³/mol. The lowest BCUT2D eigenvalue weighted by molar-refractivity contribution is -0.169. The van der Waals surface area contributed by atoms with Crippen LogP contribution in [-0.2, 0) is 9.53 Å². The molecule has 0 heterocycles. The van der Waals surface area contributed by atoms with Crippen LogP contribution in [0.1, 0.15) is 208 Å². The number of allylic oxidation sites excluding steroid dienone is 1. The van der Waals surface area contributed by atoms with Crippen molar-refractivity contribution in [1.82, 2.24) is 0 Å². The van der Waals surface area contributed by atoms with Crippen LogP contribution in [0.2, 0.25) is 0 Å². The summed E-state index contributed by atoms with van der Waals surface area (Å²) in [4.78, 5) is 13.3. The van der Waals surface area contributed by atoms with Gasteiger partial charge in [0, 0.05) is 18.3 Å². The highest BCUT2D eigenvalue weighted by atomic mass is 16.5. The number of fused-ring (bicyclic) bond motifs is 5. The van der Waals surface area contributed by atoms with Crippen molar-refractivity contribution in [1.29, 1.82) is 0 Å². The highest BCUT2D eigenvalue weighted by molar-refractivity contribution is 5.69. The second-order valence-electron chi connectivity index (χ2n) is 18.4. The number of aliphatic hydroxyl groups excluding tert-OH is 1. The quantitative estimate of drug-likeness (QED) is 0.0709. The first-order valence-electron chi connectivity index (χ1n) is 21.7. The minimum atomic E-state index is -0.388. The van der Waals surface area contributed by atoms with E-state index in [1.165, 1.54) is 134 Å². The molecule has 1 N–H and O–H groups in total. The Morgan fingerprint density at radius 3 is 2.02 bits per heavy atom. The number of unbranched alkanes of at least 4 members (excludes halogenated alkanes) is 14. The van der Waals surface area contributed by atoms with Gasteiger partial charge in [0.15, 0.2) is 0 Å². The fourth-order valence-electron chi connectivity index (χ4n) is 11.7. The third-order valence-electron chi connectivity index (χ3n) is 14.6. The molecule has 1 unspecified atom stereocenters. The van der Waals surface area contributed by atoms with Gasteiger partial charge in [-0.3, -0.25) is 4.79 Å². The molecule has 48 heavy (non-hydrogen) atoms. The Hall–Kier alpha value is -0.830. The summed E-state index contributed by atoms with van der Waals surface area (Å²) >= 11 is 0. The summed E-state index contributed by atoms with van der Waals surface area (Å²) in [6.07, 6.45) is 34.5. The van der Waals surface area contributed by atoms with E-state index in [0.717, 1.165) is 49.4 Å². The molecule has 0 bridgehead atoms. The average molecular weight is 669 g/mol. The van der Waals surface area contributed by atoms with Crippen molar-refractivity contribution >= 4 is 5.97 Å². The molecule has 3 saturated carbocycles. The van der Waals surface area contributed by atoms with Crippen molar-refractivity contribution in [2.75, 3.05) is 0 Å². The van der Waals surface area contributed by atoms with Crippen molar-refractivity contribution in [3.8, 4) is 0 Å². The summed E-state index contributed by atoms with van der Waals surface area (Å²) < 4.78 is 6.42. The van der Waals surface area contributed by atoms with Crippen LogP contribution in [0.5, 0.6) is 0 Å². The topological polar surface area (TPSA) is 46.5 Å². The summed E-state index contributed by atoms with van der Waals surface area (Å²) in [6.45, 7) is 14.7. The Morgan fingerprint density at radius 1 is 0.812 bits per heavy atom. The lowest BCUT2D eigenvalue weighted by atomic mass is 9.46. The Balaban J connectivity index is 1.20. The monoisotopic (exact) mass is 669 g/mol. The van der Waals surface area contributed by atoms with Crippen LogP contribution < -0.4 is 0 Å². The molecule has 4 aliphatic rings. The van der Waals surface area contributed by atoms with Crippen LogP contribution >= 0.6 is 0 Å². The van der Waals surface area contributed by atoms with Gasteiger partial charge in [-0.1, -0.05) is 162 Å². The first-order valence-corrected chi connectivity index (χ1v) is 21.7. The van der Waals surface area contributed by atoms with Gasteiger partial charge in [-0.25, -0.2) is 0 Å². The van der Waals surface area contributed by atoms with E-state index in [1.807, 2.05) is 0 Å². The summed E-state index contributed by atoms with van der Waals surface area (Å²) in [5, 5.41) is 10.9. The Kier molecular flexibility index (Phi) is 16.4. The van der Waals surface area contributed by atoms with Gasteiger partial charge in [-0.05, 0) is 85.9 Å². The van der Waals surface area contributed by atoms with E-state index in [0.29, 0.717) is 30.1 Å². The number of esters is 1. The molecule has 278 valence electrons. The first-order chi connectivity index (χ1) is 23.1. The number of ether oxygens (including phenoxy) is 1. The average Bonchev–Trinajstić information content (AvgIpc) is 3.40. The van der Waals surface area contributed by atoms with E-state index in [9.17, 15) is 9.90 Å². The minimum Gasteiger partial charge on any atom is -0.461 e. The van der Waals surface area contributed by atoms with Gasteiger partial charge in [0.1, 0.15) is 6.10 Å². The second kappa shape index (κ2) is 19.7. The molecule has 3 heteroatoms. The third-order valence-corrected chi connectivity index (χ3v) is 14.6. The van der Waals surface area contributed by atoms with Crippen LogP contribution in [0.25, 0.3) is 0 Å². The van der Waals surface area contributed by atoms with Crippen LogP contribution in [-0.4, -0.2) is 23.3 Å². The van der Waals surface area contributed by atoms with E-state index in [4.69, 9.17) is 4.74 Å². The largest absolute Gasteiger partial charge is 0.461 e. The van der Waals surface area contributed by atoms with Crippen molar-refractivity contribution in [2.24, 2.45) is 46.3 Å². The van der Waals surface area contributed by atoms with Crippen molar-refractivity contribution in [2.45, 2.75) is 221 Å². The predicted octanol–water partition coefficient (Wildman–Crippen LogP) is 13.2. The van der Waals surface area contributed by atoms with Gasteiger partial charge < -0.3 is 9.84 Å². The normalized spacial score (nSPS) is 33.5. The molecule has 0 saturated heterocycles. The molecule has 0 aliphatic heterocycles. The Labute approximate surface area is 298 Å². The van der Waals surface area contributed by atoms with Gasteiger partial charge in [-0.2, -0.15) is 0 Å². The molecule has 0 aromatic carbocycles. The molecule has 3 nitrogen and oxygen atoms in total. The fraction of sp³-hybridized carbons (Fsp3) is 0.933. The molecular weight excluding hydrogens is 588 g/mol. The lowest BCUT2D eigenvalue weighted by Crippen LogP contribution is -2.56. The van der Waals surface area contributed by atoms with Crippen molar-refractivity contribution in [3.05, 3.63) is 11.6 Å². The molecule has 0 aromatic heterocycles. The Bertz CT molecular complexity index is 969. The van der Waals surface area contributed by atoms with Crippen molar-refractivity contribution < 1.29 is 14.6 Å². The maximum absolute atomic E-state index is 13.3. The van der Waals surface area contributed by atoms with E-state index in [-0.39, 0.29) is 23.6 Å². The Morgan fingerprint density at radius 2 is 1.42 bits per heavy atom. The van der Waals surface area contributed by atoms with Gasteiger partial charge >= 0.3 is 5.97 Å². The SMILES string of the molecule is CCCCCCCCCCCCCCCCCC(=O)OC1C[C@@H](O)CC2=CC[C@H]3[C@@H]4CC[C@H]([C@H](C)CCCC(C)C)[C@@]4(C)CC[C@@H]3[C@]21C. The fourth-order valence-corrected chi connectivity index (χ4v) is 11.7. The first kappa shape index (κ1) is 39.9. The maximum Gasteiger partial charge on any atom is 0.306 e. The molecule has 0 amide bonds. The zero-order chi connectivity index (χ0) is 34.6. The highest BCUT2D eigenvalue weighted by Crippen LogP contribution is 2.67. The number of aliphatic hydroxyl groups is 1. The molecule has 3 fully saturated rings. The third kappa shape index (κ3) is 10.4. The lowest BCUT2D eigenvalue weighted by Gasteiger charge is -2.60.